The summed E-state index contributed by atoms with van der Waals surface area (Å²) in [7, 11) is 0. The van der Waals surface area contributed by atoms with E-state index in [-0.39, 0.29) is 18.0 Å². The molecule has 1 aliphatic rings. The minimum atomic E-state index is -0.0121. The van der Waals surface area contributed by atoms with Gasteiger partial charge in [-0.15, -0.1) is 0 Å². The van der Waals surface area contributed by atoms with Gasteiger partial charge < -0.3 is 4.90 Å². The maximum atomic E-state index is 12.8. The van der Waals surface area contributed by atoms with Crippen molar-refractivity contribution in [2.45, 2.75) is 45.2 Å². The van der Waals surface area contributed by atoms with Crippen LogP contribution in [0.3, 0.4) is 0 Å². The lowest BCUT2D eigenvalue weighted by atomic mass is 9.98. The van der Waals surface area contributed by atoms with Crippen molar-refractivity contribution in [3.05, 3.63) is 46.0 Å². The molecule has 0 saturated heterocycles. The standard InChI is InChI=1S/C16H19Cl2NO/c1-11(2)19(13-6-4-3-5-7-13)16(20)14-9-8-12(17)10-15(14)18/h3-4,8-11,13H,5-7H2,1-2H3. The van der Waals surface area contributed by atoms with Crippen molar-refractivity contribution in [2.24, 2.45) is 0 Å². The lowest BCUT2D eigenvalue weighted by Gasteiger charge is -2.36. The molecule has 2 nitrogen and oxygen atoms in total. The van der Waals surface area contributed by atoms with E-state index in [2.05, 4.69) is 12.2 Å². The van der Waals surface area contributed by atoms with Crippen LogP contribution < -0.4 is 0 Å². The molecule has 1 amide bonds. The van der Waals surface area contributed by atoms with Gasteiger partial charge in [-0.3, -0.25) is 4.79 Å². The first-order valence-electron chi connectivity index (χ1n) is 6.93. The van der Waals surface area contributed by atoms with Gasteiger partial charge in [0.1, 0.15) is 0 Å². The molecule has 0 fully saturated rings. The predicted molar refractivity (Wildman–Crippen MR) is 84.5 cm³/mol. The maximum Gasteiger partial charge on any atom is 0.255 e. The third kappa shape index (κ3) is 3.36. The highest BCUT2D eigenvalue weighted by Gasteiger charge is 2.28. The third-order valence-electron chi connectivity index (χ3n) is 3.59. The van der Waals surface area contributed by atoms with Gasteiger partial charge in [-0.25, -0.2) is 0 Å². The molecule has 0 N–H and O–H groups in total. The van der Waals surface area contributed by atoms with Gasteiger partial charge in [0, 0.05) is 17.1 Å². The van der Waals surface area contributed by atoms with Gasteiger partial charge in [-0.2, -0.15) is 0 Å². The number of carbonyl (C=O) groups excluding carboxylic acids is 1. The summed E-state index contributed by atoms with van der Waals surface area (Å²) in [4.78, 5) is 14.7. The number of rotatable bonds is 3. The second kappa shape index (κ2) is 6.64. The fraction of sp³-hybridized carbons (Fsp3) is 0.438. The Morgan fingerprint density at radius 3 is 2.60 bits per heavy atom. The molecule has 1 unspecified atom stereocenters. The molecule has 4 heteroatoms. The van der Waals surface area contributed by atoms with E-state index in [4.69, 9.17) is 23.2 Å². The zero-order valence-corrected chi connectivity index (χ0v) is 13.3. The highest BCUT2D eigenvalue weighted by molar-refractivity contribution is 6.36. The molecule has 0 saturated carbocycles. The van der Waals surface area contributed by atoms with Crippen molar-refractivity contribution in [3.8, 4) is 0 Å². The largest absolute Gasteiger partial charge is 0.333 e. The molecule has 0 heterocycles. The number of nitrogens with zero attached hydrogens (tertiary/aromatic N) is 1. The topological polar surface area (TPSA) is 20.3 Å². The van der Waals surface area contributed by atoms with Crippen molar-refractivity contribution in [1.82, 2.24) is 4.90 Å². The Hall–Kier alpha value is -0.990. The highest BCUT2D eigenvalue weighted by atomic mass is 35.5. The second-order valence-corrected chi connectivity index (χ2v) is 6.21. The minimum Gasteiger partial charge on any atom is -0.333 e. The molecule has 0 aliphatic heterocycles. The van der Waals surface area contributed by atoms with E-state index in [0.29, 0.717) is 15.6 Å². The number of hydrogen-bond donors (Lipinski definition) is 0. The first-order chi connectivity index (χ1) is 9.50. The van der Waals surface area contributed by atoms with Crippen LogP contribution >= 0.6 is 23.2 Å². The van der Waals surface area contributed by atoms with Crippen LogP contribution in [-0.4, -0.2) is 22.9 Å². The van der Waals surface area contributed by atoms with E-state index in [0.717, 1.165) is 19.3 Å². The summed E-state index contributed by atoms with van der Waals surface area (Å²) in [5.74, 6) is -0.0121. The predicted octanol–water partition coefficient (Wildman–Crippen LogP) is 4.95. The van der Waals surface area contributed by atoms with Crippen LogP contribution in [-0.2, 0) is 0 Å². The zero-order valence-electron chi connectivity index (χ0n) is 11.8. The summed E-state index contributed by atoms with van der Waals surface area (Å²) in [6, 6.07) is 5.43. The van der Waals surface area contributed by atoms with E-state index >= 15 is 0 Å². The summed E-state index contributed by atoms with van der Waals surface area (Å²) < 4.78 is 0. The van der Waals surface area contributed by atoms with Gasteiger partial charge in [0.25, 0.3) is 5.91 Å². The van der Waals surface area contributed by atoms with Crippen LogP contribution in [0.4, 0.5) is 0 Å². The summed E-state index contributed by atoms with van der Waals surface area (Å²) in [5, 5.41) is 0.961. The quantitative estimate of drug-likeness (QED) is 0.723. The Labute approximate surface area is 130 Å². The van der Waals surface area contributed by atoms with Gasteiger partial charge in [-0.1, -0.05) is 35.4 Å². The number of carbonyl (C=O) groups is 1. The third-order valence-corrected chi connectivity index (χ3v) is 4.13. The number of benzene rings is 1. The van der Waals surface area contributed by atoms with Crippen molar-refractivity contribution in [3.63, 3.8) is 0 Å². The summed E-state index contributed by atoms with van der Waals surface area (Å²) in [6.07, 6.45) is 7.27. The Bertz CT molecular complexity index is 525. The first kappa shape index (κ1) is 15.4. The summed E-state index contributed by atoms with van der Waals surface area (Å²) >= 11 is 12.1. The Morgan fingerprint density at radius 1 is 1.30 bits per heavy atom. The molecule has 1 aromatic carbocycles. The normalized spacial score (nSPS) is 18.4. The highest BCUT2D eigenvalue weighted by Crippen LogP contribution is 2.26. The minimum absolute atomic E-state index is 0.0121. The van der Waals surface area contributed by atoms with Crippen molar-refractivity contribution >= 4 is 29.1 Å². The van der Waals surface area contributed by atoms with Gasteiger partial charge in [-0.05, 0) is 51.3 Å². The van der Waals surface area contributed by atoms with Crippen molar-refractivity contribution in [1.29, 1.82) is 0 Å². The van der Waals surface area contributed by atoms with Gasteiger partial charge in [0.15, 0.2) is 0 Å². The van der Waals surface area contributed by atoms with Crippen LogP contribution in [0.1, 0.15) is 43.5 Å². The average molecular weight is 312 g/mol. The molecule has 1 atom stereocenters. The van der Waals surface area contributed by atoms with E-state index in [9.17, 15) is 4.79 Å². The molecule has 0 spiro atoms. The molecule has 0 aromatic heterocycles. The average Bonchev–Trinajstić information content (AvgIpc) is 2.39. The van der Waals surface area contributed by atoms with Crippen molar-refractivity contribution < 1.29 is 4.79 Å². The molecule has 2 rings (SSSR count). The number of hydrogen-bond acceptors (Lipinski definition) is 1. The van der Waals surface area contributed by atoms with E-state index in [1.807, 2.05) is 18.7 Å². The summed E-state index contributed by atoms with van der Waals surface area (Å²) in [5.41, 5.74) is 0.527. The lowest BCUT2D eigenvalue weighted by molar-refractivity contribution is 0.0595. The summed E-state index contributed by atoms with van der Waals surface area (Å²) in [6.45, 7) is 4.08. The van der Waals surface area contributed by atoms with E-state index < -0.39 is 0 Å². The van der Waals surface area contributed by atoms with Gasteiger partial charge >= 0.3 is 0 Å². The van der Waals surface area contributed by atoms with Gasteiger partial charge in [0.2, 0.25) is 0 Å². The Kier molecular flexibility index (Phi) is 5.11. The number of halogens is 2. The SMILES string of the molecule is CC(C)N(C(=O)c1ccc(Cl)cc1Cl)C1CC=CCC1. The fourth-order valence-electron chi connectivity index (χ4n) is 2.65. The smallest absolute Gasteiger partial charge is 0.255 e. The molecule has 0 bridgehead atoms. The monoisotopic (exact) mass is 311 g/mol. The van der Waals surface area contributed by atoms with Crippen LogP contribution in [0.15, 0.2) is 30.4 Å². The van der Waals surface area contributed by atoms with Crippen molar-refractivity contribution in [2.75, 3.05) is 0 Å². The van der Waals surface area contributed by atoms with Crippen LogP contribution in [0.5, 0.6) is 0 Å². The van der Waals surface area contributed by atoms with E-state index in [1.54, 1.807) is 18.2 Å². The molecular formula is C16H19Cl2NO. The number of allylic oxidation sites excluding steroid dienone is 1. The second-order valence-electron chi connectivity index (χ2n) is 5.37. The van der Waals surface area contributed by atoms with Crippen LogP contribution in [0, 0.1) is 0 Å². The first-order valence-corrected chi connectivity index (χ1v) is 7.69. The van der Waals surface area contributed by atoms with Crippen LogP contribution in [0.2, 0.25) is 10.0 Å². The lowest BCUT2D eigenvalue weighted by Crippen LogP contribution is -2.45. The van der Waals surface area contributed by atoms with Crippen LogP contribution in [0.25, 0.3) is 0 Å². The van der Waals surface area contributed by atoms with E-state index in [1.165, 1.54) is 0 Å². The fourth-order valence-corrected chi connectivity index (χ4v) is 3.14. The van der Waals surface area contributed by atoms with Gasteiger partial charge in [0.05, 0.1) is 10.6 Å². The molecule has 108 valence electrons. The maximum absolute atomic E-state index is 12.8. The number of amides is 1. The molecule has 1 aliphatic carbocycles. The molecule has 20 heavy (non-hydrogen) atoms. The molecule has 1 aromatic rings. The zero-order chi connectivity index (χ0) is 14.7. The Balaban J connectivity index is 2.29. The molecule has 0 radical (unpaired) electrons. The Morgan fingerprint density at radius 2 is 2.05 bits per heavy atom. The molecular weight excluding hydrogens is 293 g/mol.